The van der Waals surface area contributed by atoms with Crippen LogP contribution < -0.4 is 16.6 Å². The number of methoxy groups -OCH3 is 1. The fourth-order valence-electron chi connectivity index (χ4n) is 4.13. The van der Waals surface area contributed by atoms with Gasteiger partial charge in [-0.15, -0.1) is 0 Å². The van der Waals surface area contributed by atoms with E-state index in [4.69, 9.17) is 27.1 Å². The zero-order chi connectivity index (χ0) is 27.2. The zero-order valence-electron chi connectivity index (χ0n) is 21.2. The minimum atomic E-state index is -0.485. The molecule has 196 valence electrons. The molecule has 0 aliphatic carbocycles. The van der Waals surface area contributed by atoms with Crippen molar-refractivity contribution in [1.29, 1.82) is 0 Å². The molecule has 0 spiro atoms. The summed E-state index contributed by atoms with van der Waals surface area (Å²) in [6.45, 7) is 4.36. The van der Waals surface area contributed by atoms with Crippen molar-refractivity contribution < 1.29 is 9.13 Å². The van der Waals surface area contributed by atoms with Gasteiger partial charge in [0.1, 0.15) is 40.9 Å². The largest absolute Gasteiger partial charge is 0.385 e. The average molecular weight is 536 g/mol. The molecule has 0 saturated heterocycles. The third-order valence-corrected chi connectivity index (χ3v) is 6.37. The fraction of sp³-hybridized carbons (Fsp3) is 0.296. The van der Waals surface area contributed by atoms with Crippen molar-refractivity contribution in [2.75, 3.05) is 24.8 Å². The average Bonchev–Trinajstić information content (AvgIpc) is 2.90. The Morgan fingerprint density at radius 2 is 2.03 bits per heavy atom. The maximum Gasteiger partial charge on any atom is 0.263 e. The molecule has 0 fully saturated rings. The van der Waals surface area contributed by atoms with Crippen molar-refractivity contribution in [2.24, 2.45) is 0 Å². The summed E-state index contributed by atoms with van der Waals surface area (Å²) >= 11 is 6.41. The number of fused-ring (bicyclic) bond motifs is 1. The van der Waals surface area contributed by atoms with Crippen LogP contribution in [0.15, 0.2) is 47.7 Å². The number of ether oxygens (including phenoxy) is 1. The molecule has 0 radical (unpaired) electrons. The Bertz CT molecular complexity index is 1560. The number of nitrogens with zero attached hydrogens (tertiary/aromatic N) is 5. The Kier molecular flexibility index (Phi) is 8.51. The monoisotopic (exact) mass is 535 g/mol. The minimum absolute atomic E-state index is 0.159. The molecule has 0 bridgehead atoms. The van der Waals surface area contributed by atoms with E-state index in [9.17, 15) is 9.18 Å². The Labute approximate surface area is 224 Å². The van der Waals surface area contributed by atoms with E-state index < -0.39 is 11.9 Å². The molecule has 4 rings (SSSR count). The van der Waals surface area contributed by atoms with Crippen molar-refractivity contribution in [3.05, 3.63) is 81.1 Å². The van der Waals surface area contributed by atoms with Gasteiger partial charge in [-0.1, -0.05) is 30.5 Å². The predicted molar refractivity (Wildman–Crippen MR) is 145 cm³/mol. The second-order valence-corrected chi connectivity index (χ2v) is 8.99. The summed E-state index contributed by atoms with van der Waals surface area (Å²) < 4.78 is 20.2. The van der Waals surface area contributed by atoms with Gasteiger partial charge in [0.15, 0.2) is 0 Å². The van der Waals surface area contributed by atoms with Crippen molar-refractivity contribution >= 4 is 34.1 Å². The van der Waals surface area contributed by atoms with Gasteiger partial charge in [-0.25, -0.2) is 24.3 Å². The Morgan fingerprint density at radius 1 is 1.21 bits per heavy atom. The van der Waals surface area contributed by atoms with Crippen LogP contribution in [0.5, 0.6) is 0 Å². The molecule has 2 atom stereocenters. The van der Waals surface area contributed by atoms with Gasteiger partial charge >= 0.3 is 0 Å². The number of hydrogen-bond donors (Lipinski definition) is 2. The molecule has 3 heterocycles. The van der Waals surface area contributed by atoms with Crippen LogP contribution >= 0.6 is 11.6 Å². The van der Waals surface area contributed by atoms with Crippen LogP contribution in [0.25, 0.3) is 10.9 Å². The summed E-state index contributed by atoms with van der Waals surface area (Å²) in [7, 11) is 1.62. The summed E-state index contributed by atoms with van der Waals surface area (Å²) in [5, 5.41) is 4.01. The lowest BCUT2D eigenvalue weighted by Gasteiger charge is -2.26. The first-order valence-electron chi connectivity index (χ1n) is 12.0. The van der Waals surface area contributed by atoms with Gasteiger partial charge in [0, 0.05) is 19.8 Å². The van der Waals surface area contributed by atoms with E-state index >= 15 is 0 Å². The molecule has 2 unspecified atom stereocenters. The number of pyridine rings is 1. The highest BCUT2D eigenvalue weighted by molar-refractivity contribution is 6.35. The van der Waals surface area contributed by atoms with Gasteiger partial charge in [0.2, 0.25) is 0 Å². The SMILES string of the molecule is CCC(CCOC)n1c(C(C)Nc2ncnc(N)c2C#Cc2ccc(F)cn2)nc2cccc(Cl)c2c1=O. The van der Waals surface area contributed by atoms with Gasteiger partial charge in [-0.3, -0.25) is 9.36 Å². The lowest BCUT2D eigenvalue weighted by Crippen LogP contribution is -2.32. The molecule has 3 aromatic heterocycles. The highest BCUT2D eigenvalue weighted by Gasteiger charge is 2.24. The lowest BCUT2D eigenvalue weighted by atomic mass is 10.1. The van der Waals surface area contributed by atoms with Crippen molar-refractivity contribution in [3.8, 4) is 11.8 Å². The number of nitrogens with one attached hydrogen (secondary N) is 1. The van der Waals surface area contributed by atoms with Crippen LogP contribution in [-0.4, -0.2) is 38.2 Å². The number of anilines is 2. The van der Waals surface area contributed by atoms with Gasteiger partial charge < -0.3 is 15.8 Å². The number of nitrogen functional groups attached to an aromatic ring is 1. The van der Waals surface area contributed by atoms with E-state index in [1.807, 2.05) is 13.8 Å². The minimum Gasteiger partial charge on any atom is -0.385 e. The molecule has 0 aliphatic heterocycles. The summed E-state index contributed by atoms with van der Waals surface area (Å²) in [5.41, 5.74) is 7.09. The molecular formula is C27H27ClFN7O2. The molecule has 4 aromatic rings. The molecular weight excluding hydrogens is 509 g/mol. The third-order valence-electron chi connectivity index (χ3n) is 6.06. The first-order chi connectivity index (χ1) is 18.3. The molecule has 11 heteroatoms. The standard InChI is InChI=1S/C27H27ClFN7O2/c1-4-19(12-13-38-3)36-26(35-22-7-5-6-21(28)23(22)27(36)37)16(2)34-25-20(24(30)32-15-33-25)11-10-18-9-8-17(29)14-31-18/h5-9,14-16,19H,4,12-13H2,1-3H3,(H3,30,32,33,34). The number of rotatable bonds is 8. The van der Waals surface area contributed by atoms with E-state index in [0.29, 0.717) is 58.3 Å². The van der Waals surface area contributed by atoms with Crippen LogP contribution in [0.1, 0.15) is 55.9 Å². The van der Waals surface area contributed by atoms with Crippen LogP contribution in [0.2, 0.25) is 5.02 Å². The normalized spacial score (nSPS) is 12.6. The zero-order valence-corrected chi connectivity index (χ0v) is 22.0. The highest BCUT2D eigenvalue weighted by Crippen LogP contribution is 2.27. The van der Waals surface area contributed by atoms with E-state index in [0.717, 1.165) is 6.20 Å². The Balaban J connectivity index is 1.79. The smallest absolute Gasteiger partial charge is 0.263 e. The highest BCUT2D eigenvalue weighted by atomic mass is 35.5. The van der Waals surface area contributed by atoms with Crippen molar-refractivity contribution in [2.45, 2.75) is 38.8 Å². The quantitative estimate of drug-likeness (QED) is 0.316. The Morgan fingerprint density at radius 3 is 2.74 bits per heavy atom. The van der Waals surface area contributed by atoms with Crippen molar-refractivity contribution in [3.63, 3.8) is 0 Å². The maximum absolute atomic E-state index is 13.8. The van der Waals surface area contributed by atoms with E-state index in [2.05, 4.69) is 32.1 Å². The summed E-state index contributed by atoms with van der Waals surface area (Å²) in [5.74, 6) is 6.35. The van der Waals surface area contributed by atoms with Crippen LogP contribution in [0.3, 0.4) is 0 Å². The van der Waals surface area contributed by atoms with Gasteiger partial charge in [-0.2, -0.15) is 0 Å². The first-order valence-corrected chi connectivity index (χ1v) is 12.4. The molecule has 0 amide bonds. The van der Waals surface area contributed by atoms with Gasteiger partial charge in [0.05, 0.1) is 28.2 Å². The second kappa shape index (κ2) is 12.0. The van der Waals surface area contributed by atoms with Gasteiger partial charge in [0.25, 0.3) is 5.56 Å². The molecule has 1 aromatic carbocycles. The molecule has 3 N–H and O–H groups in total. The van der Waals surface area contributed by atoms with Gasteiger partial charge in [-0.05, 0) is 50.0 Å². The molecule has 9 nitrogen and oxygen atoms in total. The maximum atomic E-state index is 13.8. The van der Waals surface area contributed by atoms with Crippen LogP contribution in [0.4, 0.5) is 16.0 Å². The summed E-state index contributed by atoms with van der Waals surface area (Å²) in [6, 6.07) is 7.27. The number of nitrogens with two attached hydrogens (primary N) is 1. The van der Waals surface area contributed by atoms with E-state index in [-0.39, 0.29) is 17.4 Å². The fourth-order valence-corrected chi connectivity index (χ4v) is 4.38. The van der Waals surface area contributed by atoms with Crippen LogP contribution in [0, 0.1) is 17.7 Å². The first kappa shape index (κ1) is 27.0. The van der Waals surface area contributed by atoms with Crippen molar-refractivity contribution in [1.82, 2.24) is 24.5 Å². The lowest BCUT2D eigenvalue weighted by molar-refractivity contribution is 0.175. The number of aromatic nitrogens is 5. The summed E-state index contributed by atoms with van der Waals surface area (Å²) in [6.07, 6.45) is 3.70. The number of benzene rings is 1. The number of hydrogen-bond acceptors (Lipinski definition) is 8. The van der Waals surface area contributed by atoms with Crippen LogP contribution in [-0.2, 0) is 4.74 Å². The predicted octanol–water partition coefficient (Wildman–Crippen LogP) is 4.52. The second-order valence-electron chi connectivity index (χ2n) is 8.58. The van der Waals surface area contributed by atoms with E-state index in [1.54, 1.807) is 29.9 Å². The molecule has 0 aliphatic rings. The molecule has 0 saturated carbocycles. The third kappa shape index (κ3) is 5.74. The van der Waals surface area contributed by atoms with E-state index in [1.165, 1.54) is 18.5 Å². The Hall–Kier alpha value is -4.07. The summed E-state index contributed by atoms with van der Waals surface area (Å²) in [4.78, 5) is 30.9. The number of halogens is 2. The molecule has 38 heavy (non-hydrogen) atoms. The topological polar surface area (TPSA) is 121 Å².